The summed E-state index contributed by atoms with van der Waals surface area (Å²) < 4.78 is 6.85. The first kappa shape index (κ1) is 16.4. The molecule has 1 atom stereocenters. The highest BCUT2D eigenvalue weighted by Gasteiger charge is 2.35. The maximum absolute atomic E-state index is 12.3. The molecule has 0 aliphatic carbocycles. The van der Waals surface area contributed by atoms with E-state index in [1.807, 2.05) is 20.0 Å². The van der Waals surface area contributed by atoms with Gasteiger partial charge in [-0.1, -0.05) is 0 Å². The number of hydrogen-bond donors (Lipinski definition) is 2. The van der Waals surface area contributed by atoms with Crippen molar-refractivity contribution >= 4 is 23.6 Å². The van der Waals surface area contributed by atoms with E-state index >= 15 is 0 Å². The highest BCUT2D eigenvalue weighted by Crippen LogP contribution is 2.29. The van der Waals surface area contributed by atoms with Crippen molar-refractivity contribution < 1.29 is 14.3 Å². The van der Waals surface area contributed by atoms with Gasteiger partial charge < -0.3 is 15.4 Å². The topological polar surface area (TPSA) is 85.2 Å². The lowest BCUT2D eigenvalue weighted by atomic mass is 9.96. The number of carbonyl (C=O) groups excluding carboxylic acids is 2. The summed E-state index contributed by atoms with van der Waals surface area (Å²) in [4.78, 5) is 24.1. The van der Waals surface area contributed by atoms with Crippen LogP contribution >= 0.6 is 11.6 Å². The van der Waals surface area contributed by atoms with E-state index in [0.717, 1.165) is 11.3 Å². The molecule has 2 amide bonds. The van der Waals surface area contributed by atoms with Crippen molar-refractivity contribution in [2.24, 2.45) is 0 Å². The maximum Gasteiger partial charge on any atom is 0.338 e. The molecule has 0 spiro atoms. The molecular weight excluding hydrogens is 308 g/mol. The van der Waals surface area contributed by atoms with Crippen LogP contribution in [0.2, 0.25) is 0 Å². The van der Waals surface area contributed by atoms with Gasteiger partial charge in [0.05, 0.1) is 29.8 Å². The molecule has 1 aromatic heterocycles. The van der Waals surface area contributed by atoms with Gasteiger partial charge in [0.25, 0.3) is 0 Å². The van der Waals surface area contributed by atoms with Crippen molar-refractivity contribution in [2.75, 3.05) is 12.5 Å². The van der Waals surface area contributed by atoms with Crippen LogP contribution in [0.5, 0.6) is 0 Å². The van der Waals surface area contributed by atoms with Crippen LogP contribution in [0.3, 0.4) is 0 Å². The minimum atomic E-state index is -0.623. The minimum Gasteiger partial charge on any atom is -0.463 e. The van der Waals surface area contributed by atoms with Gasteiger partial charge in [0.2, 0.25) is 0 Å². The lowest BCUT2D eigenvalue weighted by Gasteiger charge is -2.28. The molecule has 2 heterocycles. The molecule has 0 fully saturated rings. The number of hydrogen-bond acceptors (Lipinski definition) is 4. The maximum atomic E-state index is 12.3. The molecule has 1 aliphatic rings. The van der Waals surface area contributed by atoms with E-state index in [2.05, 4.69) is 15.7 Å². The zero-order valence-electron chi connectivity index (χ0n) is 12.8. The van der Waals surface area contributed by atoms with E-state index < -0.39 is 18.0 Å². The Bertz CT molecular complexity index is 624. The molecule has 1 unspecified atom stereocenters. The lowest BCUT2D eigenvalue weighted by Crippen LogP contribution is -2.46. The monoisotopic (exact) mass is 326 g/mol. The quantitative estimate of drug-likeness (QED) is 0.636. The fraction of sp³-hybridized carbons (Fsp3) is 0.500. The van der Waals surface area contributed by atoms with Gasteiger partial charge >= 0.3 is 12.0 Å². The molecule has 120 valence electrons. The molecule has 2 N–H and O–H groups in total. The SMILES string of the molecule is CCOC(=O)C1=C(CCl)NC(=O)NC1c1cn(CC)nc1C. The van der Waals surface area contributed by atoms with Crippen LogP contribution in [0, 0.1) is 6.92 Å². The van der Waals surface area contributed by atoms with E-state index in [1.54, 1.807) is 11.6 Å². The summed E-state index contributed by atoms with van der Waals surface area (Å²) in [5.41, 5.74) is 2.17. The van der Waals surface area contributed by atoms with Crippen molar-refractivity contribution in [1.29, 1.82) is 0 Å². The largest absolute Gasteiger partial charge is 0.463 e. The molecule has 0 radical (unpaired) electrons. The van der Waals surface area contributed by atoms with Crippen LogP contribution in [0.4, 0.5) is 4.79 Å². The highest BCUT2D eigenvalue weighted by molar-refractivity contribution is 6.20. The summed E-state index contributed by atoms with van der Waals surface area (Å²) in [6.07, 6.45) is 1.82. The lowest BCUT2D eigenvalue weighted by molar-refractivity contribution is -0.139. The van der Waals surface area contributed by atoms with Crippen molar-refractivity contribution in [2.45, 2.75) is 33.4 Å². The van der Waals surface area contributed by atoms with Crippen LogP contribution in [-0.4, -0.2) is 34.3 Å². The summed E-state index contributed by atoms with van der Waals surface area (Å²) >= 11 is 5.88. The van der Waals surface area contributed by atoms with E-state index in [0.29, 0.717) is 17.8 Å². The Kier molecular flexibility index (Phi) is 5.07. The molecule has 7 nitrogen and oxygen atoms in total. The second kappa shape index (κ2) is 6.83. The molecular formula is C14H19ClN4O3. The first-order valence-corrected chi connectivity index (χ1v) is 7.62. The number of aryl methyl sites for hydroxylation is 2. The normalized spacial score (nSPS) is 18.0. The van der Waals surface area contributed by atoms with Gasteiger partial charge in [0.15, 0.2) is 0 Å². The van der Waals surface area contributed by atoms with Crippen LogP contribution in [0.15, 0.2) is 17.5 Å². The number of ether oxygens (including phenoxy) is 1. The third-order valence-corrected chi connectivity index (χ3v) is 3.67. The number of amides is 2. The fourth-order valence-corrected chi connectivity index (χ4v) is 2.60. The number of carbonyl (C=O) groups is 2. The van der Waals surface area contributed by atoms with Crippen LogP contribution < -0.4 is 10.6 Å². The van der Waals surface area contributed by atoms with Crippen LogP contribution in [0.1, 0.15) is 31.1 Å². The second-order valence-corrected chi connectivity index (χ2v) is 5.07. The van der Waals surface area contributed by atoms with E-state index in [9.17, 15) is 9.59 Å². The fourth-order valence-electron chi connectivity index (χ4n) is 2.39. The summed E-state index contributed by atoms with van der Waals surface area (Å²) in [7, 11) is 0. The number of allylic oxidation sites excluding steroid dienone is 1. The van der Waals surface area contributed by atoms with Gasteiger partial charge in [0.1, 0.15) is 0 Å². The summed E-state index contributed by atoms with van der Waals surface area (Å²) in [6.45, 7) is 6.46. The van der Waals surface area contributed by atoms with Gasteiger partial charge in [-0.2, -0.15) is 5.10 Å². The highest BCUT2D eigenvalue weighted by atomic mass is 35.5. The molecule has 0 saturated carbocycles. The number of esters is 1. The second-order valence-electron chi connectivity index (χ2n) is 4.80. The summed E-state index contributed by atoms with van der Waals surface area (Å²) in [5.74, 6) is -0.488. The Balaban J connectivity index is 2.51. The molecule has 22 heavy (non-hydrogen) atoms. The van der Waals surface area contributed by atoms with Crippen LogP contribution in [-0.2, 0) is 16.1 Å². The average Bonchev–Trinajstić information content (AvgIpc) is 2.87. The standard InChI is InChI=1S/C14H19ClN4O3/c1-4-19-7-9(8(3)18-19)12-11(13(20)22-5-2)10(6-15)16-14(21)17-12/h7,12H,4-6H2,1-3H3,(H2,16,17,21). The molecule has 0 aromatic carbocycles. The molecule has 2 rings (SSSR count). The molecule has 1 aromatic rings. The first-order valence-electron chi connectivity index (χ1n) is 7.09. The minimum absolute atomic E-state index is 0.0129. The molecule has 0 bridgehead atoms. The predicted molar refractivity (Wildman–Crippen MR) is 81.4 cm³/mol. The Morgan fingerprint density at radius 3 is 2.77 bits per heavy atom. The van der Waals surface area contributed by atoms with E-state index in [4.69, 9.17) is 16.3 Å². The Hall–Kier alpha value is -2.02. The number of rotatable bonds is 5. The smallest absolute Gasteiger partial charge is 0.338 e. The van der Waals surface area contributed by atoms with E-state index in [1.165, 1.54) is 0 Å². The molecule has 8 heteroatoms. The number of alkyl halides is 1. The Labute approximate surface area is 133 Å². The summed E-state index contributed by atoms with van der Waals surface area (Å²) in [6, 6.07) is -1.03. The van der Waals surface area contributed by atoms with Crippen molar-refractivity contribution in [1.82, 2.24) is 20.4 Å². The Morgan fingerprint density at radius 1 is 1.50 bits per heavy atom. The third kappa shape index (κ3) is 3.09. The van der Waals surface area contributed by atoms with Crippen LogP contribution in [0.25, 0.3) is 0 Å². The molecule has 1 aliphatic heterocycles. The van der Waals surface area contributed by atoms with Crippen molar-refractivity contribution in [3.8, 4) is 0 Å². The third-order valence-electron chi connectivity index (χ3n) is 3.40. The molecule has 0 saturated heterocycles. The number of aromatic nitrogens is 2. The van der Waals surface area contributed by atoms with Gasteiger partial charge in [-0.25, -0.2) is 9.59 Å². The van der Waals surface area contributed by atoms with Crippen molar-refractivity contribution in [3.05, 3.63) is 28.7 Å². The predicted octanol–water partition coefficient (Wildman–Crippen LogP) is 1.62. The number of urea groups is 1. The summed E-state index contributed by atoms with van der Waals surface area (Å²) in [5, 5.41) is 9.67. The Morgan fingerprint density at radius 2 is 2.23 bits per heavy atom. The average molecular weight is 327 g/mol. The number of nitrogens with zero attached hydrogens (tertiary/aromatic N) is 2. The van der Waals surface area contributed by atoms with E-state index in [-0.39, 0.29) is 12.5 Å². The number of nitrogens with one attached hydrogen (secondary N) is 2. The number of halogens is 1. The van der Waals surface area contributed by atoms with Gasteiger partial charge in [-0.15, -0.1) is 11.6 Å². The van der Waals surface area contributed by atoms with Gasteiger partial charge in [-0.05, 0) is 20.8 Å². The van der Waals surface area contributed by atoms with Gasteiger partial charge in [-0.3, -0.25) is 4.68 Å². The zero-order chi connectivity index (χ0) is 16.3. The zero-order valence-corrected chi connectivity index (χ0v) is 13.5. The van der Waals surface area contributed by atoms with Gasteiger partial charge in [0, 0.05) is 24.0 Å². The van der Waals surface area contributed by atoms with Crippen molar-refractivity contribution in [3.63, 3.8) is 0 Å². The first-order chi connectivity index (χ1) is 10.5.